The van der Waals surface area contributed by atoms with E-state index in [2.05, 4.69) is 32.9 Å². The molecule has 20 heavy (non-hydrogen) atoms. The summed E-state index contributed by atoms with van der Waals surface area (Å²) in [5.74, 6) is 0. The van der Waals surface area contributed by atoms with E-state index in [0.717, 1.165) is 17.8 Å². The highest BCUT2D eigenvalue weighted by Crippen LogP contribution is 2.31. The lowest BCUT2D eigenvalue weighted by Crippen LogP contribution is -2.29. The fourth-order valence-corrected chi connectivity index (χ4v) is 5.58. The maximum Gasteiger partial charge on any atom is 0.242 e. The van der Waals surface area contributed by atoms with Crippen LogP contribution in [0.25, 0.3) is 0 Å². The average molecular weight is 401 g/mol. The zero-order chi connectivity index (χ0) is 15.2. The van der Waals surface area contributed by atoms with Gasteiger partial charge in [-0.05, 0) is 41.2 Å². The van der Waals surface area contributed by atoms with E-state index in [9.17, 15) is 8.42 Å². The molecule has 1 atom stereocenters. The molecule has 1 heterocycles. The highest BCUT2D eigenvalue weighted by atomic mass is 79.9. The Balaban J connectivity index is 2.74. The van der Waals surface area contributed by atoms with Crippen LogP contribution >= 0.6 is 39.0 Å². The molecule has 0 spiro atoms. The second kappa shape index (κ2) is 8.75. The predicted molar refractivity (Wildman–Crippen MR) is 92.2 cm³/mol. The van der Waals surface area contributed by atoms with Gasteiger partial charge >= 0.3 is 0 Å². The van der Waals surface area contributed by atoms with Crippen molar-refractivity contribution in [1.29, 1.82) is 0 Å². The van der Waals surface area contributed by atoms with Gasteiger partial charge in [-0.1, -0.05) is 13.8 Å². The van der Waals surface area contributed by atoms with Crippen molar-refractivity contribution >= 4 is 49.1 Å². The quantitative estimate of drug-likeness (QED) is 0.625. The van der Waals surface area contributed by atoms with Gasteiger partial charge in [-0.25, -0.2) is 13.1 Å². The van der Waals surface area contributed by atoms with Gasteiger partial charge in [0.05, 0.1) is 3.79 Å². The summed E-state index contributed by atoms with van der Waals surface area (Å²) in [6.45, 7) is 6.17. The van der Waals surface area contributed by atoms with Crippen LogP contribution in [0.15, 0.2) is 14.7 Å². The number of hydrogen-bond donors (Lipinski definition) is 2. The molecule has 0 fully saturated rings. The summed E-state index contributed by atoms with van der Waals surface area (Å²) >= 11 is 6.45. The van der Waals surface area contributed by atoms with Crippen molar-refractivity contribution in [3.05, 3.63) is 14.7 Å². The molecule has 2 N–H and O–H groups in total. The molecule has 1 aromatic rings. The number of hydrogen-bond acceptors (Lipinski definition) is 5. The van der Waals surface area contributed by atoms with E-state index >= 15 is 0 Å². The molecule has 0 saturated carbocycles. The first-order chi connectivity index (χ1) is 9.40. The van der Waals surface area contributed by atoms with Crippen molar-refractivity contribution in [1.82, 2.24) is 10.0 Å². The number of thiophene rings is 1. The lowest BCUT2D eigenvalue weighted by atomic mass is 10.4. The van der Waals surface area contributed by atoms with E-state index in [1.54, 1.807) is 17.8 Å². The first-order valence-electron chi connectivity index (χ1n) is 6.42. The topological polar surface area (TPSA) is 58.2 Å². The van der Waals surface area contributed by atoms with Gasteiger partial charge in [0.15, 0.2) is 0 Å². The van der Waals surface area contributed by atoms with Crippen molar-refractivity contribution in [2.75, 3.05) is 19.3 Å². The number of sulfonamides is 1. The minimum absolute atomic E-state index is 0.257. The molecule has 0 aromatic carbocycles. The highest BCUT2D eigenvalue weighted by Gasteiger charge is 2.21. The normalized spacial score (nSPS) is 13.6. The molecule has 0 amide bonds. The third-order valence-corrected chi connectivity index (χ3v) is 7.33. The molecule has 116 valence electrons. The largest absolute Gasteiger partial charge is 0.312 e. The smallest absolute Gasteiger partial charge is 0.242 e. The number of nitrogens with one attached hydrogen (secondary N) is 2. The minimum Gasteiger partial charge on any atom is -0.312 e. The van der Waals surface area contributed by atoms with Gasteiger partial charge < -0.3 is 5.32 Å². The van der Waals surface area contributed by atoms with Gasteiger partial charge in [-0.3, -0.25) is 0 Å². The van der Waals surface area contributed by atoms with Gasteiger partial charge in [0.2, 0.25) is 10.0 Å². The van der Waals surface area contributed by atoms with Crippen molar-refractivity contribution < 1.29 is 8.42 Å². The van der Waals surface area contributed by atoms with Crippen LogP contribution in [0.2, 0.25) is 0 Å². The zero-order valence-corrected chi connectivity index (χ0v) is 15.9. The Morgan fingerprint density at radius 1 is 1.50 bits per heavy atom. The standard InChI is InChI=1S/C12H21BrN2O2S3/c1-4-5-14-8-10-6-11(12(13)19-10)20(16,17)15-7-9(2)18-3/h6,9,14-15H,4-5,7-8H2,1-3H3. The number of halogens is 1. The Labute approximate surface area is 138 Å². The van der Waals surface area contributed by atoms with Gasteiger partial charge in [-0.15, -0.1) is 11.3 Å². The van der Waals surface area contributed by atoms with E-state index in [0.29, 0.717) is 21.8 Å². The van der Waals surface area contributed by atoms with E-state index in [4.69, 9.17) is 0 Å². The van der Waals surface area contributed by atoms with Crippen molar-refractivity contribution in [2.24, 2.45) is 0 Å². The summed E-state index contributed by atoms with van der Waals surface area (Å²) in [5.41, 5.74) is 0. The molecule has 0 bridgehead atoms. The van der Waals surface area contributed by atoms with Crippen LogP contribution in [-0.2, 0) is 16.6 Å². The van der Waals surface area contributed by atoms with E-state index in [1.165, 1.54) is 11.3 Å². The van der Waals surface area contributed by atoms with Crippen molar-refractivity contribution in [3.63, 3.8) is 0 Å². The Morgan fingerprint density at radius 3 is 2.80 bits per heavy atom. The molecule has 1 aromatic heterocycles. The summed E-state index contributed by atoms with van der Waals surface area (Å²) in [6.07, 6.45) is 3.03. The summed E-state index contributed by atoms with van der Waals surface area (Å²) < 4.78 is 27.8. The van der Waals surface area contributed by atoms with Crippen LogP contribution in [-0.4, -0.2) is 33.0 Å². The van der Waals surface area contributed by atoms with Gasteiger partial charge in [0.25, 0.3) is 0 Å². The van der Waals surface area contributed by atoms with E-state index < -0.39 is 10.0 Å². The van der Waals surface area contributed by atoms with Crippen LogP contribution in [0.4, 0.5) is 0 Å². The fourth-order valence-electron chi connectivity index (χ4n) is 1.44. The second-order valence-corrected chi connectivity index (χ2v) is 9.89. The minimum atomic E-state index is -3.43. The third-order valence-electron chi connectivity index (χ3n) is 2.69. The van der Waals surface area contributed by atoms with Gasteiger partial charge in [0, 0.05) is 23.2 Å². The number of thioether (sulfide) groups is 1. The van der Waals surface area contributed by atoms with Gasteiger partial charge in [-0.2, -0.15) is 11.8 Å². The Kier molecular flexibility index (Phi) is 8.07. The molecule has 0 aliphatic carbocycles. The van der Waals surface area contributed by atoms with E-state index in [1.807, 2.05) is 13.2 Å². The van der Waals surface area contributed by atoms with E-state index in [-0.39, 0.29) is 5.25 Å². The molecule has 4 nitrogen and oxygen atoms in total. The Morgan fingerprint density at radius 2 is 2.20 bits per heavy atom. The first-order valence-corrected chi connectivity index (χ1v) is 10.8. The van der Waals surface area contributed by atoms with Crippen LogP contribution in [0.5, 0.6) is 0 Å². The maximum absolute atomic E-state index is 12.3. The van der Waals surface area contributed by atoms with Crippen LogP contribution in [0.1, 0.15) is 25.1 Å². The molecule has 0 saturated heterocycles. The van der Waals surface area contributed by atoms with Crippen LogP contribution < -0.4 is 10.0 Å². The first kappa shape index (κ1) is 18.4. The predicted octanol–water partition coefficient (Wildman–Crippen LogP) is 3.04. The monoisotopic (exact) mass is 400 g/mol. The van der Waals surface area contributed by atoms with Crippen molar-refractivity contribution in [2.45, 2.75) is 37.0 Å². The fraction of sp³-hybridized carbons (Fsp3) is 0.667. The molecular formula is C12H21BrN2O2S3. The Bertz CT molecular complexity index is 517. The zero-order valence-electron chi connectivity index (χ0n) is 11.9. The highest BCUT2D eigenvalue weighted by molar-refractivity contribution is 9.11. The maximum atomic E-state index is 12.3. The van der Waals surface area contributed by atoms with Crippen LogP contribution in [0, 0.1) is 0 Å². The lowest BCUT2D eigenvalue weighted by Gasteiger charge is -2.09. The summed E-state index contributed by atoms with van der Waals surface area (Å²) in [5, 5.41) is 3.53. The molecule has 8 heteroatoms. The molecule has 0 aliphatic heterocycles. The second-order valence-electron chi connectivity index (χ2n) is 4.43. The summed E-state index contributed by atoms with van der Waals surface area (Å²) in [6, 6.07) is 1.74. The summed E-state index contributed by atoms with van der Waals surface area (Å²) in [4.78, 5) is 1.35. The van der Waals surface area contributed by atoms with Crippen molar-refractivity contribution in [3.8, 4) is 0 Å². The molecular weight excluding hydrogens is 380 g/mol. The van der Waals surface area contributed by atoms with Crippen LogP contribution in [0.3, 0.4) is 0 Å². The molecule has 0 radical (unpaired) electrons. The molecule has 1 rings (SSSR count). The SMILES string of the molecule is CCCNCc1cc(S(=O)(=O)NCC(C)SC)c(Br)s1. The summed E-state index contributed by atoms with van der Waals surface area (Å²) in [7, 11) is -3.43. The average Bonchev–Trinajstić information content (AvgIpc) is 2.78. The lowest BCUT2D eigenvalue weighted by molar-refractivity contribution is 0.581. The molecule has 0 aliphatic rings. The third kappa shape index (κ3) is 5.65. The van der Waals surface area contributed by atoms with Gasteiger partial charge in [0.1, 0.15) is 4.90 Å². The number of rotatable bonds is 9. The molecule has 1 unspecified atom stereocenters. The Hall–Kier alpha value is 0.400.